The van der Waals surface area contributed by atoms with Crippen molar-refractivity contribution >= 4 is 21.9 Å². The number of rotatable bonds is 5. The van der Waals surface area contributed by atoms with Crippen LogP contribution in [0.5, 0.6) is 0 Å². The number of carbonyl (C=O) groups is 1. The Balaban J connectivity index is 2.34. The van der Waals surface area contributed by atoms with Crippen molar-refractivity contribution in [3.63, 3.8) is 0 Å². The summed E-state index contributed by atoms with van der Waals surface area (Å²) < 4.78 is 7.43. The van der Waals surface area contributed by atoms with E-state index < -0.39 is 5.97 Å². The third-order valence-electron chi connectivity index (χ3n) is 2.51. The van der Waals surface area contributed by atoms with E-state index in [9.17, 15) is 4.79 Å². The molecule has 7 nitrogen and oxygen atoms in total. The number of hydrogen-bond acceptors (Lipinski definition) is 5. The molecule has 0 aliphatic heterocycles. The topological polar surface area (TPSA) is 94.0 Å². The largest absolute Gasteiger partial charge is 0.481 e. The summed E-state index contributed by atoms with van der Waals surface area (Å²) in [6, 6.07) is 3.16. The minimum absolute atomic E-state index is 0.0313. The van der Waals surface area contributed by atoms with Gasteiger partial charge in [0, 0.05) is 0 Å². The molecule has 2 rings (SSSR count). The zero-order valence-corrected chi connectivity index (χ0v) is 11.2. The van der Waals surface area contributed by atoms with Gasteiger partial charge in [0.05, 0.1) is 12.5 Å². The lowest BCUT2D eigenvalue weighted by atomic mass is 10.1. The maximum absolute atomic E-state index is 10.8. The molecular formula is C10H11BrN4O3. The Morgan fingerprint density at radius 1 is 1.61 bits per heavy atom. The van der Waals surface area contributed by atoms with Crippen molar-refractivity contribution in [1.82, 2.24) is 20.2 Å². The number of aromatic nitrogens is 4. The molecule has 0 fully saturated rings. The fourth-order valence-corrected chi connectivity index (χ4v) is 1.95. The van der Waals surface area contributed by atoms with Gasteiger partial charge in [-0.1, -0.05) is 6.92 Å². The van der Waals surface area contributed by atoms with Gasteiger partial charge in [0.25, 0.3) is 0 Å². The summed E-state index contributed by atoms with van der Waals surface area (Å²) in [6.45, 7) is 1.89. The number of furan rings is 1. The van der Waals surface area contributed by atoms with Crippen LogP contribution in [0.3, 0.4) is 0 Å². The van der Waals surface area contributed by atoms with E-state index in [1.165, 1.54) is 4.68 Å². The maximum Gasteiger partial charge on any atom is 0.305 e. The quantitative estimate of drug-likeness (QED) is 0.908. The van der Waals surface area contributed by atoms with Crippen LogP contribution in [-0.4, -0.2) is 31.3 Å². The minimum atomic E-state index is -0.885. The van der Waals surface area contributed by atoms with E-state index in [0.717, 1.165) is 0 Å². The molecule has 0 saturated carbocycles. The number of nitrogens with zero attached hydrogens (tertiary/aromatic N) is 4. The highest BCUT2D eigenvalue weighted by molar-refractivity contribution is 9.10. The minimum Gasteiger partial charge on any atom is -0.481 e. The third kappa shape index (κ3) is 2.58. The van der Waals surface area contributed by atoms with Gasteiger partial charge in [-0.3, -0.25) is 4.79 Å². The van der Waals surface area contributed by atoms with Gasteiger partial charge in [-0.15, -0.1) is 5.10 Å². The Bertz CT molecular complexity index is 551. The Morgan fingerprint density at radius 2 is 2.39 bits per heavy atom. The lowest BCUT2D eigenvalue weighted by Gasteiger charge is -2.13. The standard InChI is InChI=1S/C10H11BrN4O3/c1-2-6(5-9(16)17)15-10(12-13-14-15)7-3-4-8(11)18-7/h3-4,6H,2,5H2,1H3,(H,16,17). The average Bonchev–Trinajstić information content (AvgIpc) is 2.93. The fourth-order valence-electron chi connectivity index (χ4n) is 1.64. The monoisotopic (exact) mass is 314 g/mol. The summed E-state index contributed by atoms with van der Waals surface area (Å²) >= 11 is 3.20. The molecule has 8 heteroatoms. The number of tetrazole rings is 1. The summed E-state index contributed by atoms with van der Waals surface area (Å²) in [5.41, 5.74) is 0. The van der Waals surface area contributed by atoms with E-state index in [1.54, 1.807) is 12.1 Å². The Kier molecular flexibility index (Phi) is 3.75. The first kappa shape index (κ1) is 12.7. The molecule has 0 aromatic carbocycles. The highest BCUT2D eigenvalue weighted by Crippen LogP contribution is 2.26. The van der Waals surface area contributed by atoms with Crippen LogP contribution in [0.15, 0.2) is 21.2 Å². The average molecular weight is 315 g/mol. The van der Waals surface area contributed by atoms with Gasteiger partial charge in [-0.05, 0) is 44.9 Å². The number of halogens is 1. The fraction of sp³-hybridized carbons (Fsp3) is 0.400. The van der Waals surface area contributed by atoms with Gasteiger partial charge >= 0.3 is 5.97 Å². The maximum atomic E-state index is 10.8. The molecule has 0 spiro atoms. The summed E-state index contributed by atoms with van der Waals surface area (Å²) in [7, 11) is 0. The van der Waals surface area contributed by atoms with Gasteiger partial charge in [0.2, 0.25) is 5.82 Å². The van der Waals surface area contributed by atoms with Gasteiger partial charge in [-0.25, -0.2) is 4.68 Å². The van der Waals surface area contributed by atoms with Crippen molar-refractivity contribution in [2.75, 3.05) is 0 Å². The van der Waals surface area contributed by atoms with Gasteiger partial charge in [-0.2, -0.15) is 0 Å². The molecule has 96 valence electrons. The Hall–Kier alpha value is -1.70. The second-order valence-electron chi connectivity index (χ2n) is 3.71. The molecule has 0 aliphatic rings. The Morgan fingerprint density at radius 3 is 2.94 bits per heavy atom. The third-order valence-corrected chi connectivity index (χ3v) is 2.94. The zero-order valence-electron chi connectivity index (χ0n) is 9.58. The van der Waals surface area contributed by atoms with Gasteiger partial charge < -0.3 is 9.52 Å². The van der Waals surface area contributed by atoms with Crippen molar-refractivity contribution in [2.24, 2.45) is 0 Å². The van der Waals surface area contributed by atoms with Crippen LogP contribution in [0.25, 0.3) is 11.6 Å². The lowest BCUT2D eigenvalue weighted by molar-refractivity contribution is -0.138. The first-order valence-corrected chi connectivity index (χ1v) is 6.16. The van der Waals surface area contributed by atoms with E-state index in [-0.39, 0.29) is 12.5 Å². The van der Waals surface area contributed by atoms with E-state index in [4.69, 9.17) is 9.52 Å². The van der Waals surface area contributed by atoms with E-state index in [0.29, 0.717) is 22.7 Å². The molecule has 1 unspecified atom stereocenters. The molecule has 2 aromatic rings. The van der Waals surface area contributed by atoms with Crippen LogP contribution in [0, 0.1) is 0 Å². The van der Waals surface area contributed by atoms with E-state index in [2.05, 4.69) is 31.5 Å². The van der Waals surface area contributed by atoms with Crippen LogP contribution < -0.4 is 0 Å². The van der Waals surface area contributed by atoms with Crippen molar-refractivity contribution in [1.29, 1.82) is 0 Å². The zero-order chi connectivity index (χ0) is 13.1. The summed E-state index contributed by atoms with van der Waals surface area (Å²) in [5.74, 6) is 0.0356. The number of carboxylic acids is 1. The SMILES string of the molecule is CCC(CC(=O)O)n1nnnc1-c1ccc(Br)o1. The van der Waals surface area contributed by atoms with Crippen molar-refractivity contribution in [2.45, 2.75) is 25.8 Å². The van der Waals surface area contributed by atoms with Crippen LogP contribution in [0.1, 0.15) is 25.8 Å². The van der Waals surface area contributed by atoms with Gasteiger partial charge in [0.15, 0.2) is 10.4 Å². The van der Waals surface area contributed by atoms with Crippen molar-refractivity contribution in [3.05, 3.63) is 16.8 Å². The lowest BCUT2D eigenvalue weighted by Crippen LogP contribution is -2.15. The summed E-state index contributed by atoms with van der Waals surface area (Å²) in [6.07, 6.45) is 0.586. The predicted molar refractivity (Wildman–Crippen MR) is 64.8 cm³/mol. The summed E-state index contributed by atoms with van der Waals surface area (Å²) in [4.78, 5) is 10.8. The van der Waals surface area contributed by atoms with Crippen LogP contribution in [0.2, 0.25) is 0 Å². The normalized spacial score (nSPS) is 12.6. The first-order chi connectivity index (χ1) is 8.61. The molecular weight excluding hydrogens is 304 g/mol. The Labute approximate surface area is 111 Å². The first-order valence-electron chi connectivity index (χ1n) is 5.37. The van der Waals surface area contributed by atoms with Crippen LogP contribution in [0.4, 0.5) is 0 Å². The second kappa shape index (κ2) is 5.30. The van der Waals surface area contributed by atoms with E-state index >= 15 is 0 Å². The molecule has 2 heterocycles. The van der Waals surface area contributed by atoms with Crippen LogP contribution in [-0.2, 0) is 4.79 Å². The van der Waals surface area contributed by atoms with Gasteiger partial charge in [0.1, 0.15) is 0 Å². The molecule has 1 atom stereocenters. The molecule has 1 N–H and O–H groups in total. The van der Waals surface area contributed by atoms with E-state index in [1.807, 2.05) is 6.92 Å². The molecule has 18 heavy (non-hydrogen) atoms. The second-order valence-corrected chi connectivity index (χ2v) is 4.49. The smallest absolute Gasteiger partial charge is 0.305 e. The molecule has 0 saturated heterocycles. The van der Waals surface area contributed by atoms with Crippen molar-refractivity contribution in [3.8, 4) is 11.6 Å². The number of hydrogen-bond donors (Lipinski definition) is 1. The number of aliphatic carboxylic acids is 1. The predicted octanol–water partition coefficient (Wildman–Crippen LogP) is 2.12. The molecule has 0 aliphatic carbocycles. The molecule has 2 aromatic heterocycles. The summed E-state index contributed by atoms with van der Waals surface area (Å²) in [5, 5.41) is 20.2. The van der Waals surface area contributed by atoms with Crippen LogP contribution >= 0.6 is 15.9 Å². The highest BCUT2D eigenvalue weighted by Gasteiger charge is 2.21. The van der Waals surface area contributed by atoms with Crippen molar-refractivity contribution < 1.29 is 14.3 Å². The molecule has 0 bridgehead atoms. The molecule has 0 amide bonds. The number of carboxylic acid groups (broad SMARTS) is 1. The molecule has 0 radical (unpaired) electrons. The highest BCUT2D eigenvalue weighted by atomic mass is 79.9.